The van der Waals surface area contributed by atoms with Crippen molar-refractivity contribution in [2.75, 3.05) is 26.7 Å². The van der Waals surface area contributed by atoms with E-state index in [1.54, 1.807) is 0 Å². The predicted molar refractivity (Wildman–Crippen MR) is 86.8 cm³/mol. The second kappa shape index (κ2) is 24.5. The quantitative estimate of drug-likeness (QED) is 0.190. The van der Waals surface area contributed by atoms with Crippen LogP contribution in [0.2, 0.25) is 0 Å². The molecule has 0 N–H and O–H groups in total. The van der Waals surface area contributed by atoms with Crippen LogP contribution < -0.4 is 0 Å². The highest BCUT2D eigenvalue weighted by Gasteiger charge is 2.62. The Morgan fingerprint density at radius 1 is 0.500 bits per heavy atom. The van der Waals surface area contributed by atoms with Crippen LogP contribution in [0.25, 0.3) is 0 Å². The maximum atomic E-state index is 11.9. The van der Waals surface area contributed by atoms with Crippen LogP contribution in [0.1, 0.15) is 6.42 Å². The summed E-state index contributed by atoms with van der Waals surface area (Å²) in [5.41, 5.74) is 0. The van der Waals surface area contributed by atoms with Crippen LogP contribution in [0.3, 0.4) is 0 Å². The van der Waals surface area contributed by atoms with Crippen molar-refractivity contribution in [1.29, 1.82) is 0 Å². The summed E-state index contributed by atoms with van der Waals surface area (Å²) in [5.74, 6) is 0. The molecular formula is C14H10F26O6. The van der Waals surface area contributed by atoms with Gasteiger partial charge in [-0.15, -0.1) is 26.9 Å². The van der Waals surface area contributed by atoms with Gasteiger partial charge in [0.15, 0.2) is 13.3 Å². The van der Waals surface area contributed by atoms with Gasteiger partial charge >= 0.3 is 55.6 Å². The first kappa shape index (κ1) is 55.7. The maximum absolute atomic E-state index is 11.9. The topological polar surface area (TPSA) is 71.1 Å². The molecule has 46 heavy (non-hydrogen) atoms. The van der Waals surface area contributed by atoms with Crippen molar-refractivity contribution in [2.24, 2.45) is 0 Å². The zero-order chi connectivity index (χ0) is 39.0. The molecule has 0 saturated heterocycles. The highest BCUT2D eigenvalue weighted by atomic mass is 19.4. The van der Waals surface area contributed by atoms with Crippen molar-refractivity contribution in [3.05, 3.63) is 0 Å². The lowest BCUT2D eigenvalue weighted by Crippen LogP contribution is -2.45. The lowest BCUT2D eigenvalue weighted by molar-refractivity contribution is -0.485. The van der Waals surface area contributed by atoms with E-state index in [2.05, 4.69) is 14.4 Å². The molecule has 0 bridgehead atoms. The van der Waals surface area contributed by atoms with Gasteiger partial charge in [0.1, 0.15) is 13.0 Å². The predicted octanol–water partition coefficient (Wildman–Crippen LogP) is 9.55. The molecule has 0 heterocycles. The molecule has 284 valence electrons. The molecule has 0 aliphatic carbocycles. The minimum atomic E-state index is -5.77. The monoisotopic (exact) mass is 768 g/mol. The Hall–Kier alpha value is -2.64. The number of rotatable bonds is 7. The molecule has 0 unspecified atom stereocenters. The zero-order valence-corrected chi connectivity index (χ0v) is 20.3. The van der Waals surface area contributed by atoms with E-state index in [0.29, 0.717) is 0 Å². The third-order valence-corrected chi connectivity index (χ3v) is 1.78. The Morgan fingerprint density at radius 3 is 0.891 bits per heavy atom. The first-order valence-corrected chi connectivity index (χ1v) is 8.91. The van der Waals surface area contributed by atoms with Gasteiger partial charge in [0.05, 0.1) is 0 Å². The average Bonchev–Trinajstić information content (AvgIpc) is 2.79. The van der Waals surface area contributed by atoms with Crippen molar-refractivity contribution in [3.8, 4) is 0 Å². The summed E-state index contributed by atoms with van der Waals surface area (Å²) in [6, 6.07) is -2.35. The highest BCUT2D eigenvalue weighted by molar-refractivity contribution is 5.68. The zero-order valence-electron chi connectivity index (χ0n) is 20.3. The van der Waals surface area contributed by atoms with Crippen molar-refractivity contribution in [1.82, 2.24) is 0 Å². The van der Waals surface area contributed by atoms with Crippen LogP contribution in [-0.2, 0) is 24.2 Å². The van der Waals surface area contributed by atoms with Crippen molar-refractivity contribution < 1.29 is 143 Å². The summed E-state index contributed by atoms with van der Waals surface area (Å²) in [4.78, 5) is 21.1. The summed E-state index contributed by atoms with van der Waals surface area (Å²) in [5, 5.41) is 0. The van der Waals surface area contributed by atoms with Gasteiger partial charge in [-0.3, -0.25) is 9.53 Å². The molecule has 0 fully saturated rings. The smallest absolute Gasteiger partial charge is 0.304 e. The summed E-state index contributed by atoms with van der Waals surface area (Å²) >= 11 is 0. The molecule has 0 spiro atoms. The maximum Gasteiger partial charge on any atom is 0.522 e. The molecule has 0 saturated carbocycles. The number of carbonyl (C=O) groups is 2. The van der Waals surface area contributed by atoms with Gasteiger partial charge < -0.3 is 4.74 Å². The van der Waals surface area contributed by atoms with Crippen LogP contribution in [0.4, 0.5) is 119 Å². The fraction of sp³-hybridized carbons (Fsp3) is 0.857. The van der Waals surface area contributed by atoms with Gasteiger partial charge in [-0.25, -0.2) is 13.6 Å². The Morgan fingerprint density at radius 2 is 0.783 bits per heavy atom. The Kier molecular flexibility index (Phi) is 29.7. The van der Waals surface area contributed by atoms with E-state index in [1.807, 2.05) is 0 Å². The van der Waals surface area contributed by atoms with Gasteiger partial charge in [-0.05, 0) is 9.05 Å². The van der Waals surface area contributed by atoms with Crippen LogP contribution >= 0.6 is 0 Å². The summed E-state index contributed by atoms with van der Waals surface area (Å²) < 4.78 is 286. The standard InChI is InChI=1S/C4H2F8O2.C3H2F6O.C3H2F4O.C2H2F4.CH2F2O.CF2O/c5-2(6,7)1-13-3(8,9)4(10,11)14-12;4-2(5,6)1-10-3(7,8)9;4-2(8)1-3(5,6)7;3-1-2(4,5)6;2-1-4-3;2-1(3)4/h1H2;1H2;1H2;1H2;1H2;. The molecule has 0 rings (SSSR count). The van der Waals surface area contributed by atoms with Crippen LogP contribution in [0.5, 0.6) is 0 Å². The first-order chi connectivity index (χ1) is 19.8. The normalized spacial score (nSPS) is 12.2. The summed E-state index contributed by atoms with van der Waals surface area (Å²) in [6.45, 7) is -8.53. The third-order valence-electron chi connectivity index (χ3n) is 1.78. The minimum Gasteiger partial charge on any atom is -0.304 e. The van der Waals surface area contributed by atoms with E-state index in [-0.39, 0.29) is 0 Å². The molecule has 0 aliphatic heterocycles. The van der Waals surface area contributed by atoms with Gasteiger partial charge in [0.2, 0.25) is 6.86 Å². The number of hydrogen-bond acceptors (Lipinski definition) is 6. The molecule has 0 aromatic carbocycles. The van der Waals surface area contributed by atoms with Gasteiger partial charge in [-0.1, -0.05) is 0 Å². The number of halogens is 26. The Bertz CT molecular complexity index is 733. The third kappa shape index (κ3) is 64.3. The van der Waals surface area contributed by atoms with Crippen LogP contribution in [0.15, 0.2) is 0 Å². The molecule has 0 amide bonds. The summed E-state index contributed by atoms with van der Waals surface area (Å²) in [7, 11) is 0. The minimum absolute atomic E-state index is 1.35. The van der Waals surface area contributed by atoms with Crippen molar-refractivity contribution >= 4 is 12.3 Å². The van der Waals surface area contributed by atoms with Crippen LogP contribution in [0, 0.1) is 0 Å². The van der Waals surface area contributed by atoms with Gasteiger partial charge in [0.25, 0.3) is 0 Å². The molecule has 32 heteroatoms. The Balaban J connectivity index is -0.000000111. The summed E-state index contributed by atoms with van der Waals surface area (Å²) in [6.07, 6.45) is -41.0. The molecule has 0 radical (unpaired) electrons. The molecular weight excluding hydrogens is 758 g/mol. The Labute approximate surface area is 233 Å². The SMILES string of the molecule is FC(F)(F)COC(F)(F)F.FCC(F)(F)F.FCOF.FOC(F)(F)C(F)(F)OCC(F)(F)F.O=C(F)CC(F)(F)F.O=C(F)F. The van der Waals surface area contributed by atoms with Gasteiger partial charge in [-0.2, -0.15) is 79.6 Å². The molecule has 0 atom stereocenters. The van der Waals surface area contributed by atoms with E-state index in [9.17, 15) is 114 Å². The van der Waals surface area contributed by atoms with E-state index in [0.717, 1.165) is 0 Å². The fourth-order valence-corrected chi connectivity index (χ4v) is 0.623. The lowest BCUT2D eigenvalue weighted by atomic mass is 10.4. The second-order valence-corrected chi connectivity index (χ2v) is 5.70. The van der Waals surface area contributed by atoms with E-state index >= 15 is 0 Å². The van der Waals surface area contributed by atoms with Crippen LogP contribution in [-0.4, -0.2) is 82.4 Å². The first-order valence-electron chi connectivity index (χ1n) is 8.91. The number of hydrogen-bond donors (Lipinski definition) is 0. The number of carbonyl (C=O) groups excluding carboxylic acids is 2. The van der Waals surface area contributed by atoms with Crippen molar-refractivity contribution in [2.45, 2.75) is 49.7 Å². The highest BCUT2D eigenvalue weighted by Crippen LogP contribution is 2.37. The van der Waals surface area contributed by atoms with E-state index in [4.69, 9.17) is 9.59 Å². The average molecular weight is 768 g/mol. The fourth-order valence-electron chi connectivity index (χ4n) is 0.623. The second-order valence-electron chi connectivity index (χ2n) is 5.70. The number of alkyl halides is 21. The van der Waals surface area contributed by atoms with E-state index < -0.39 is 88.8 Å². The molecule has 6 nitrogen and oxygen atoms in total. The van der Waals surface area contributed by atoms with E-state index in [1.165, 1.54) is 4.94 Å². The molecule has 0 aromatic rings. The molecule has 0 aromatic heterocycles. The number of ether oxygens (including phenoxy) is 2. The van der Waals surface area contributed by atoms with Crippen molar-refractivity contribution in [3.63, 3.8) is 0 Å². The largest absolute Gasteiger partial charge is 0.522 e. The molecule has 0 aliphatic rings. The lowest BCUT2D eigenvalue weighted by Gasteiger charge is -2.22. The van der Waals surface area contributed by atoms with Gasteiger partial charge in [0, 0.05) is 0 Å².